The molecule has 5 heteroatoms. The lowest BCUT2D eigenvalue weighted by atomic mass is 9.70. The lowest BCUT2D eigenvalue weighted by molar-refractivity contribution is -0.384. The van der Waals surface area contributed by atoms with Crippen molar-refractivity contribution in [3.05, 3.63) is 33.3 Å². The Bertz CT molecular complexity index is 517. The number of benzene rings is 1. The third kappa shape index (κ3) is 3.63. The van der Waals surface area contributed by atoms with Crippen molar-refractivity contribution in [1.29, 1.82) is 0 Å². The number of nitro groups is 1. The summed E-state index contributed by atoms with van der Waals surface area (Å²) in [6, 6.07) is 4.97. The normalized spacial score (nSPS) is 25.2. The van der Waals surface area contributed by atoms with Crippen LogP contribution in [0.15, 0.2) is 18.2 Å². The van der Waals surface area contributed by atoms with E-state index in [1.54, 1.807) is 6.07 Å². The Balaban J connectivity index is 2.12. The Kier molecular flexibility index (Phi) is 4.23. The molecule has 1 aromatic rings. The van der Waals surface area contributed by atoms with Crippen molar-refractivity contribution in [3.63, 3.8) is 0 Å². The van der Waals surface area contributed by atoms with Gasteiger partial charge in [-0.3, -0.25) is 10.1 Å². The van der Waals surface area contributed by atoms with Gasteiger partial charge >= 0.3 is 0 Å². The topological polar surface area (TPSA) is 55.2 Å². The molecule has 1 saturated carbocycles. The molecule has 0 radical (unpaired) electrons. The van der Waals surface area contributed by atoms with Crippen molar-refractivity contribution < 1.29 is 4.92 Å². The third-order valence-electron chi connectivity index (χ3n) is 3.91. The smallest absolute Gasteiger partial charge is 0.271 e. The maximum atomic E-state index is 10.7. The van der Waals surface area contributed by atoms with E-state index in [9.17, 15) is 10.1 Å². The molecule has 20 heavy (non-hydrogen) atoms. The van der Waals surface area contributed by atoms with Crippen molar-refractivity contribution in [2.45, 2.75) is 46.1 Å². The van der Waals surface area contributed by atoms with Gasteiger partial charge in [0, 0.05) is 18.2 Å². The average molecular weight is 297 g/mol. The van der Waals surface area contributed by atoms with Gasteiger partial charge in [-0.2, -0.15) is 0 Å². The summed E-state index contributed by atoms with van der Waals surface area (Å²) in [4.78, 5) is 10.3. The molecular formula is C15H21ClN2O2. The van der Waals surface area contributed by atoms with Crippen LogP contribution in [0.4, 0.5) is 11.4 Å². The molecule has 4 nitrogen and oxygen atoms in total. The number of rotatable bonds is 3. The predicted molar refractivity (Wildman–Crippen MR) is 82.3 cm³/mol. The Hall–Kier alpha value is -1.29. The molecule has 1 fully saturated rings. The fraction of sp³-hybridized carbons (Fsp3) is 0.600. The zero-order chi connectivity index (χ0) is 14.9. The van der Waals surface area contributed by atoms with Crippen molar-refractivity contribution in [2.24, 2.45) is 11.3 Å². The van der Waals surface area contributed by atoms with Crippen molar-refractivity contribution in [2.75, 3.05) is 5.32 Å². The van der Waals surface area contributed by atoms with Crippen LogP contribution < -0.4 is 5.32 Å². The number of hydrogen-bond donors (Lipinski definition) is 1. The summed E-state index contributed by atoms with van der Waals surface area (Å²) in [5.41, 5.74) is 1.13. The molecule has 0 spiro atoms. The van der Waals surface area contributed by atoms with Crippen LogP contribution in [0, 0.1) is 21.4 Å². The summed E-state index contributed by atoms with van der Waals surface area (Å²) < 4.78 is 0. The van der Waals surface area contributed by atoms with Gasteiger partial charge in [0.05, 0.1) is 15.6 Å². The molecule has 0 bridgehead atoms. The van der Waals surface area contributed by atoms with Gasteiger partial charge in [0.1, 0.15) is 0 Å². The maximum absolute atomic E-state index is 10.7. The number of halogens is 1. The van der Waals surface area contributed by atoms with Gasteiger partial charge in [-0.1, -0.05) is 32.4 Å². The Morgan fingerprint density at radius 2 is 2.10 bits per heavy atom. The SMILES string of the molecule is CC1CC(Nc2ccc([N+](=O)[O-])cc2Cl)CC(C)(C)C1. The standard InChI is InChI=1S/C15H21ClN2O2/c1-10-6-11(9-15(2,3)8-10)17-14-5-4-12(18(19)20)7-13(14)16/h4-5,7,10-11,17H,6,8-9H2,1-3H3. The molecule has 1 aliphatic rings. The molecule has 2 unspecified atom stereocenters. The van der Waals surface area contributed by atoms with Crippen LogP contribution >= 0.6 is 11.6 Å². The monoisotopic (exact) mass is 296 g/mol. The quantitative estimate of drug-likeness (QED) is 0.639. The van der Waals surface area contributed by atoms with E-state index in [1.807, 2.05) is 0 Å². The highest BCUT2D eigenvalue weighted by molar-refractivity contribution is 6.33. The first kappa shape index (κ1) is 15.1. The first-order valence-corrected chi connectivity index (χ1v) is 7.35. The van der Waals surface area contributed by atoms with E-state index in [4.69, 9.17) is 11.6 Å². The molecule has 1 aromatic carbocycles. The number of nitro benzene ring substituents is 1. The minimum absolute atomic E-state index is 0.0258. The summed E-state index contributed by atoms with van der Waals surface area (Å²) >= 11 is 6.13. The number of hydrogen-bond acceptors (Lipinski definition) is 3. The Morgan fingerprint density at radius 3 is 2.65 bits per heavy atom. The lowest BCUT2D eigenvalue weighted by Crippen LogP contribution is -2.35. The molecule has 2 rings (SSSR count). The first-order valence-electron chi connectivity index (χ1n) is 6.97. The Morgan fingerprint density at radius 1 is 1.40 bits per heavy atom. The summed E-state index contributed by atoms with van der Waals surface area (Å²) in [6.07, 6.45) is 3.43. The van der Waals surface area contributed by atoms with Crippen molar-refractivity contribution in [3.8, 4) is 0 Å². The summed E-state index contributed by atoms with van der Waals surface area (Å²) in [5.74, 6) is 0.674. The van der Waals surface area contributed by atoms with E-state index >= 15 is 0 Å². The highest BCUT2D eigenvalue weighted by Crippen LogP contribution is 2.40. The number of non-ortho nitro benzene ring substituents is 1. The van der Waals surface area contributed by atoms with Crippen LogP contribution in [-0.2, 0) is 0 Å². The summed E-state index contributed by atoms with van der Waals surface area (Å²) in [7, 11) is 0. The fourth-order valence-corrected chi connectivity index (χ4v) is 3.64. The summed E-state index contributed by atoms with van der Waals surface area (Å²) in [6.45, 7) is 6.84. The zero-order valence-corrected chi connectivity index (χ0v) is 12.9. The van der Waals surface area contributed by atoms with E-state index in [1.165, 1.54) is 18.6 Å². The van der Waals surface area contributed by atoms with Crippen molar-refractivity contribution >= 4 is 23.0 Å². The second-order valence-electron chi connectivity index (χ2n) is 6.68. The Labute approximate surface area is 124 Å². The molecule has 0 saturated heterocycles. The van der Waals surface area contributed by atoms with Crippen LogP contribution in [0.5, 0.6) is 0 Å². The van der Waals surface area contributed by atoms with E-state index < -0.39 is 4.92 Å². The minimum Gasteiger partial charge on any atom is -0.381 e. The van der Waals surface area contributed by atoms with Gasteiger partial charge in [-0.05, 0) is 36.7 Å². The van der Waals surface area contributed by atoms with E-state index in [0.717, 1.165) is 18.5 Å². The molecule has 1 N–H and O–H groups in total. The fourth-order valence-electron chi connectivity index (χ4n) is 3.41. The lowest BCUT2D eigenvalue weighted by Gasteiger charge is -2.39. The molecule has 0 aromatic heterocycles. The van der Waals surface area contributed by atoms with Crippen LogP contribution in [0.2, 0.25) is 5.02 Å². The highest BCUT2D eigenvalue weighted by Gasteiger charge is 2.32. The van der Waals surface area contributed by atoms with Crippen LogP contribution in [0.3, 0.4) is 0 Å². The first-order chi connectivity index (χ1) is 9.27. The summed E-state index contributed by atoms with van der Waals surface area (Å²) in [5, 5.41) is 14.6. The molecule has 2 atom stereocenters. The van der Waals surface area contributed by atoms with Gasteiger partial charge in [0.25, 0.3) is 5.69 Å². The molecular weight excluding hydrogens is 276 g/mol. The van der Waals surface area contributed by atoms with E-state index in [0.29, 0.717) is 22.4 Å². The third-order valence-corrected chi connectivity index (χ3v) is 4.22. The van der Waals surface area contributed by atoms with Crippen LogP contribution in [-0.4, -0.2) is 11.0 Å². The van der Waals surface area contributed by atoms with Gasteiger partial charge in [0.15, 0.2) is 0 Å². The van der Waals surface area contributed by atoms with Gasteiger partial charge in [-0.25, -0.2) is 0 Å². The van der Waals surface area contributed by atoms with E-state index in [-0.39, 0.29) is 5.69 Å². The molecule has 110 valence electrons. The molecule has 0 aliphatic heterocycles. The van der Waals surface area contributed by atoms with Gasteiger partial charge in [0.2, 0.25) is 0 Å². The van der Waals surface area contributed by atoms with Crippen LogP contribution in [0.1, 0.15) is 40.0 Å². The maximum Gasteiger partial charge on any atom is 0.271 e. The van der Waals surface area contributed by atoms with Crippen molar-refractivity contribution in [1.82, 2.24) is 0 Å². The van der Waals surface area contributed by atoms with Gasteiger partial charge < -0.3 is 5.32 Å². The number of anilines is 1. The number of nitrogens with zero attached hydrogens (tertiary/aromatic N) is 1. The molecule has 0 amide bonds. The largest absolute Gasteiger partial charge is 0.381 e. The average Bonchev–Trinajstić information content (AvgIpc) is 2.28. The minimum atomic E-state index is -0.429. The van der Waals surface area contributed by atoms with Gasteiger partial charge in [-0.15, -0.1) is 0 Å². The second kappa shape index (κ2) is 5.60. The second-order valence-corrected chi connectivity index (χ2v) is 7.08. The number of nitrogens with one attached hydrogen (secondary N) is 1. The van der Waals surface area contributed by atoms with Crippen LogP contribution in [0.25, 0.3) is 0 Å². The molecule has 0 heterocycles. The predicted octanol–water partition coefficient (Wildman–Crippen LogP) is 4.87. The molecule has 1 aliphatic carbocycles. The zero-order valence-electron chi connectivity index (χ0n) is 12.1. The van der Waals surface area contributed by atoms with E-state index in [2.05, 4.69) is 26.1 Å². The highest BCUT2D eigenvalue weighted by atomic mass is 35.5.